The molecule has 7 heteroatoms. The monoisotopic (exact) mass is 322 g/mol. The van der Waals surface area contributed by atoms with Crippen molar-refractivity contribution in [1.29, 1.82) is 0 Å². The van der Waals surface area contributed by atoms with Crippen molar-refractivity contribution < 1.29 is 9.59 Å². The lowest BCUT2D eigenvalue weighted by Gasteiger charge is -2.19. The van der Waals surface area contributed by atoms with Crippen LogP contribution in [0, 0.1) is 0 Å². The Hall–Kier alpha value is -1.76. The Bertz CT molecular complexity index is 511. The van der Waals surface area contributed by atoms with Gasteiger partial charge in [-0.25, -0.2) is 4.79 Å². The van der Waals surface area contributed by atoms with E-state index in [1.807, 2.05) is 0 Å². The van der Waals surface area contributed by atoms with Crippen LogP contribution >= 0.6 is 11.3 Å². The highest BCUT2D eigenvalue weighted by molar-refractivity contribution is 7.15. The average molecular weight is 322 g/mol. The molecule has 0 aliphatic heterocycles. The number of hydrogen-bond acceptors (Lipinski definition) is 5. The molecule has 0 unspecified atom stereocenters. The number of carbonyl (C=O) groups is 2. The molecule has 1 heterocycles. The normalized spacial score (nSPS) is 15.3. The number of urea groups is 1. The van der Waals surface area contributed by atoms with Crippen molar-refractivity contribution in [2.75, 3.05) is 18.4 Å². The molecule has 1 saturated carbocycles. The molecular weight excluding hydrogens is 300 g/mol. The topological polar surface area (TPSA) is 75.2 Å². The number of anilines is 1. The molecule has 1 aromatic heterocycles. The maximum atomic E-state index is 12.2. The second-order valence-corrected chi connectivity index (χ2v) is 6.41. The van der Waals surface area contributed by atoms with E-state index in [1.54, 1.807) is 6.08 Å². The minimum atomic E-state index is -0.270. The van der Waals surface area contributed by atoms with Crippen LogP contribution in [0.15, 0.2) is 12.7 Å². The highest BCUT2D eigenvalue weighted by Crippen LogP contribution is 2.35. The summed E-state index contributed by atoms with van der Waals surface area (Å²) in [6.45, 7) is 4.40. The lowest BCUT2D eigenvalue weighted by atomic mass is 9.90. The number of rotatable bonds is 7. The third kappa shape index (κ3) is 4.62. The predicted molar refractivity (Wildman–Crippen MR) is 87.2 cm³/mol. The maximum absolute atomic E-state index is 12.2. The van der Waals surface area contributed by atoms with Gasteiger partial charge < -0.3 is 9.69 Å². The van der Waals surface area contributed by atoms with Crippen molar-refractivity contribution in [1.82, 2.24) is 15.1 Å². The minimum absolute atomic E-state index is 0.270. The SMILES string of the molecule is C=CCN(CCC=O)C(=O)Nc1nnc(C2CCCCC2)s1. The second kappa shape index (κ2) is 8.63. The van der Waals surface area contributed by atoms with Gasteiger partial charge in [0.25, 0.3) is 0 Å². The summed E-state index contributed by atoms with van der Waals surface area (Å²) in [6, 6.07) is -0.270. The van der Waals surface area contributed by atoms with Gasteiger partial charge in [-0.3, -0.25) is 5.32 Å². The summed E-state index contributed by atoms with van der Waals surface area (Å²) in [5.41, 5.74) is 0. The standard InChI is InChI=1S/C15H22N4O2S/c1-2-9-19(10-6-11-20)15(21)16-14-18-17-13(22-14)12-7-4-3-5-8-12/h2,11-12H,1,3-10H2,(H,16,18,21). The molecule has 2 amide bonds. The summed E-state index contributed by atoms with van der Waals surface area (Å²) >= 11 is 1.45. The summed E-state index contributed by atoms with van der Waals surface area (Å²) in [6.07, 6.45) is 8.84. The first-order valence-corrected chi connectivity index (χ1v) is 8.50. The molecule has 0 bridgehead atoms. The number of aromatic nitrogens is 2. The van der Waals surface area contributed by atoms with Gasteiger partial charge >= 0.3 is 6.03 Å². The van der Waals surface area contributed by atoms with E-state index in [-0.39, 0.29) is 6.03 Å². The first-order chi connectivity index (χ1) is 10.7. The maximum Gasteiger partial charge on any atom is 0.323 e. The van der Waals surface area contributed by atoms with Gasteiger partial charge in [0.05, 0.1) is 0 Å². The number of hydrogen-bond donors (Lipinski definition) is 1. The second-order valence-electron chi connectivity index (χ2n) is 5.40. The average Bonchev–Trinajstić information content (AvgIpc) is 3.00. The van der Waals surface area contributed by atoms with Crippen LogP contribution < -0.4 is 5.32 Å². The predicted octanol–water partition coefficient (Wildman–Crippen LogP) is 3.19. The summed E-state index contributed by atoms with van der Waals surface area (Å²) in [5.74, 6) is 0.483. The molecule has 0 aromatic carbocycles. The van der Waals surface area contributed by atoms with Crippen molar-refractivity contribution in [2.24, 2.45) is 0 Å². The molecule has 1 N–H and O–H groups in total. The van der Waals surface area contributed by atoms with Gasteiger partial charge in [0.2, 0.25) is 5.13 Å². The Morgan fingerprint density at radius 1 is 1.36 bits per heavy atom. The molecule has 0 radical (unpaired) electrons. The fraction of sp³-hybridized carbons (Fsp3) is 0.600. The number of nitrogens with zero attached hydrogens (tertiary/aromatic N) is 3. The zero-order chi connectivity index (χ0) is 15.8. The van der Waals surface area contributed by atoms with Gasteiger partial charge in [-0.2, -0.15) is 0 Å². The highest BCUT2D eigenvalue weighted by Gasteiger charge is 2.21. The summed E-state index contributed by atoms with van der Waals surface area (Å²) in [4.78, 5) is 24.2. The first-order valence-electron chi connectivity index (χ1n) is 7.68. The summed E-state index contributed by atoms with van der Waals surface area (Å²) in [7, 11) is 0. The molecule has 1 fully saturated rings. The molecule has 120 valence electrons. The molecule has 6 nitrogen and oxygen atoms in total. The fourth-order valence-corrected chi connectivity index (χ4v) is 3.51. The van der Waals surface area contributed by atoms with E-state index in [1.165, 1.54) is 35.5 Å². The Morgan fingerprint density at radius 3 is 2.82 bits per heavy atom. The summed E-state index contributed by atoms with van der Waals surface area (Å²) < 4.78 is 0. The molecule has 22 heavy (non-hydrogen) atoms. The largest absolute Gasteiger partial charge is 0.323 e. The zero-order valence-electron chi connectivity index (χ0n) is 12.7. The van der Waals surface area contributed by atoms with Crippen molar-refractivity contribution in [3.63, 3.8) is 0 Å². The van der Waals surface area contributed by atoms with Crippen LogP contribution in [0.5, 0.6) is 0 Å². The van der Waals surface area contributed by atoms with Crippen LogP contribution in [0.3, 0.4) is 0 Å². The smallest absolute Gasteiger partial charge is 0.320 e. The van der Waals surface area contributed by atoms with E-state index >= 15 is 0 Å². The van der Waals surface area contributed by atoms with E-state index in [9.17, 15) is 9.59 Å². The first kappa shape index (κ1) is 16.6. The lowest BCUT2D eigenvalue weighted by Crippen LogP contribution is -2.36. The number of amides is 2. The third-order valence-corrected chi connectivity index (χ3v) is 4.76. The lowest BCUT2D eigenvalue weighted by molar-refractivity contribution is -0.108. The summed E-state index contributed by atoms with van der Waals surface area (Å²) in [5, 5.41) is 12.6. The van der Waals surface area contributed by atoms with Gasteiger partial charge in [-0.1, -0.05) is 36.7 Å². The molecule has 1 aliphatic rings. The van der Waals surface area contributed by atoms with E-state index in [0.717, 1.165) is 24.1 Å². The number of carbonyl (C=O) groups excluding carboxylic acids is 2. The zero-order valence-corrected chi connectivity index (χ0v) is 13.5. The van der Waals surface area contributed by atoms with Crippen LogP contribution in [-0.4, -0.2) is 40.5 Å². The van der Waals surface area contributed by atoms with Crippen molar-refractivity contribution in [3.8, 4) is 0 Å². The Morgan fingerprint density at radius 2 is 2.14 bits per heavy atom. The van der Waals surface area contributed by atoms with Crippen molar-refractivity contribution in [3.05, 3.63) is 17.7 Å². The van der Waals surface area contributed by atoms with E-state index in [2.05, 4.69) is 22.1 Å². The van der Waals surface area contributed by atoms with Gasteiger partial charge in [-0.15, -0.1) is 16.8 Å². The molecule has 0 saturated heterocycles. The quantitative estimate of drug-likeness (QED) is 0.618. The van der Waals surface area contributed by atoms with Crippen LogP contribution in [0.1, 0.15) is 49.5 Å². The minimum Gasteiger partial charge on any atom is -0.320 e. The Labute approximate surface area is 134 Å². The van der Waals surface area contributed by atoms with Crippen molar-refractivity contribution in [2.45, 2.75) is 44.4 Å². The van der Waals surface area contributed by atoms with Gasteiger partial charge in [0.15, 0.2) is 0 Å². The third-order valence-electron chi connectivity index (χ3n) is 3.76. The van der Waals surface area contributed by atoms with Crippen molar-refractivity contribution >= 4 is 28.8 Å². The number of aldehydes is 1. The van der Waals surface area contributed by atoms with Crippen LogP contribution in [0.25, 0.3) is 0 Å². The van der Waals surface area contributed by atoms with Gasteiger partial charge in [0.1, 0.15) is 11.3 Å². The molecule has 2 rings (SSSR count). The van der Waals surface area contributed by atoms with Crippen LogP contribution in [0.2, 0.25) is 0 Å². The molecule has 1 aliphatic carbocycles. The Balaban J connectivity index is 1.93. The fourth-order valence-electron chi connectivity index (χ4n) is 2.61. The van der Waals surface area contributed by atoms with Crippen LogP contribution in [0.4, 0.5) is 9.93 Å². The van der Waals surface area contributed by atoms with Gasteiger partial charge in [-0.05, 0) is 12.8 Å². The molecule has 1 aromatic rings. The van der Waals surface area contributed by atoms with E-state index in [4.69, 9.17) is 0 Å². The number of nitrogens with one attached hydrogen (secondary N) is 1. The van der Waals surface area contributed by atoms with E-state index < -0.39 is 0 Å². The molecule has 0 atom stereocenters. The van der Waals surface area contributed by atoms with E-state index in [0.29, 0.717) is 30.6 Å². The highest BCUT2D eigenvalue weighted by atomic mass is 32.1. The molecule has 0 spiro atoms. The van der Waals surface area contributed by atoms with Gasteiger partial charge in [0, 0.05) is 25.4 Å². The van der Waals surface area contributed by atoms with Crippen LogP contribution in [-0.2, 0) is 4.79 Å². The Kier molecular flexibility index (Phi) is 6.51. The molecular formula is C15H22N4O2S.